The number of allylic oxidation sites excluding steroid dienone is 1. The van der Waals surface area contributed by atoms with E-state index in [4.69, 9.17) is 0 Å². The summed E-state index contributed by atoms with van der Waals surface area (Å²) in [5.74, 6) is -5.81. The number of aryl methyl sites for hydroxylation is 3. The minimum Gasteiger partial charge on any atom is -0.478 e. The summed E-state index contributed by atoms with van der Waals surface area (Å²) in [6.45, 7) is 1.75. The molecule has 9 heteroatoms. The van der Waals surface area contributed by atoms with E-state index in [1.165, 1.54) is 36.4 Å². The molecule has 0 saturated carbocycles. The Morgan fingerprint density at radius 1 is 0.718 bits per heavy atom. The Morgan fingerprint density at radius 3 is 1.95 bits per heavy atom. The zero-order valence-corrected chi connectivity index (χ0v) is 20.4. The van der Waals surface area contributed by atoms with Gasteiger partial charge in [0.1, 0.15) is 17.5 Å². The van der Waals surface area contributed by atoms with Gasteiger partial charge in [-0.05, 0) is 83.7 Å². The Hall–Kier alpha value is -3.88. The van der Waals surface area contributed by atoms with Crippen LogP contribution in [0.1, 0.15) is 23.1 Å². The molecule has 39 heavy (non-hydrogen) atoms. The lowest BCUT2D eigenvalue weighted by molar-refractivity contribution is -0.154. The molecule has 0 unspecified atom stereocenters. The Morgan fingerprint density at radius 2 is 1.33 bits per heavy atom. The zero-order chi connectivity index (χ0) is 28.3. The molecular weight excluding hydrogens is 528 g/mol. The van der Waals surface area contributed by atoms with E-state index < -0.39 is 47.6 Å². The molecule has 4 aromatic rings. The summed E-state index contributed by atoms with van der Waals surface area (Å²) >= 11 is 0. The van der Waals surface area contributed by atoms with Crippen molar-refractivity contribution in [3.05, 3.63) is 113 Å². The second kappa shape index (κ2) is 11.5. The van der Waals surface area contributed by atoms with Crippen molar-refractivity contribution in [3.8, 4) is 16.9 Å². The second-order valence-electron chi connectivity index (χ2n) is 9.03. The normalized spacial score (nSPS) is 11.7. The van der Waals surface area contributed by atoms with Crippen molar-refractivity contribution in [1.82, 2.24) is 0 Å². The zero-order valence-electron chi connectivity index (χ0n) is 20.4. The largest absolute Gasteiger partial charge is 0.478 e. The van der Waals surface area contributed by atoms with E-state index in [9.17, 15) is 30.7 Å². The maximum Gasteiger partial charge on any atom is 0.422 e. The van der Waals surface area contributed by atoms with Crippen LogP contribution in [0.15, 0.2) is 67.3 Å². The highest BCUT2D eigenvalue weighted by Gasteiger charge is 2.30. The Bertz CT molecular complexity index is 1480. The minimum absolute atomic E-state index is 0.0114. The molecule has 0 aliphatic rings. The number of rotatable bonds is 9. The van der Waals surface area contributed by atoms with Gasteiger partial charge >= 0.3 is 6.18 Å². The highest BCUT2D eigenvalue weighted by molar-refractivity contribution is 5.88. The number of hydrogen-bond acceptors (Lipinski definition) is 1. The lowest BCUT2D eigenvalue weighted by Gasteiger charge is -2.13. The van der Waals surface area contributed by atoms with Gasteiger partial charge in [-0.2, -0.15) is 13.2 Å². The van der Waals surface area contributed by atoms with Crippen molar-refractivity contribution in [1.29, 1.82) is 0 Å². The van der Waals surface area contributed by atoms with E-state index in [2.05, 4.69) is 11.3 Å². The Kier molecular flexibility index (Phi) is 8.28. The summed E-state index contributed by atoms with van der Waals surface area (Å²) in [5.41, 5.74) is 0.821. The van der Waals surface area contributed by atoms with Gasteiger partial charge in [-0.15, -0.1) is 6.58 Å². The Labute approximate surface area is 219 Å². The van der Waals surface area contributed by atoms with Crippen LogP contribution in [0.5, 0.6) is 5.75 Å². The molecule has 0 heterocycles. The number of hydrogen-bond donors (Lipinski definition) is 0. The van der Waals surface area contributed by atoms with Crippen LogP contribution in [0, 0.1) is 29.1 Å². The fourth-order valence-electron chi connectivity index (χ4n) is 4.33. The molecule has 1 nitrogen and oxygen atoms in total. The number of halogens is 8. The average molecular weight is 550 g/mol. The van der Waals surface area contributed by atoms with Crippen LogP contribution in [0.2, 0.25) is 0 Å². The quantitative estimate of drug-likeness (QED) is 0.149. The lowest BCUT2D eigenvalue weighted by Crippen LogP contribution is -2.20. The van der Waals surface area contributed by atoms with Gasteiger partial charge in [-0.25, -0.2) is 22.0 Å². The van der Waals surface area contributed by atoms with Crippen molar-refractivity contribution >= 4 is 10.8 Å². The molecule has 0 fully saturated rings. The topological polar surface area (TPSA) is 9.23 Å². The molecule has 0 amide bonds. The van der Waals surface area contributed by atoms with Crippen LogP contribution in [-0.2, 0) is 19.3 Å². The molecule has 0 aromatic heterocycles. The third kappa shape index (κ3) is 6.58. The second-order valence-corrected chi connectivity index (χ2v) is 9.03. The number of alkyl halides is 3. The van der Waals surface area contributed by atoms with Crippen LogP contribution < -0.4 is 4.74 Å². The van der Waals surface area contributed by atoms with Gasteiger partial charge in [0, 0.05) is 5.39 Å². The molecule has 0 spiro atoms. The van der Waals surface area contributed by atoms with Crippen LogP contribution >= 0.6 is 0 Å². The van der Waals surface area contributed by atoms with Crippen LogP contribution in [0.3, 0.4) is 0 Å². The SMILES string of the molecule is C=CCCc1cc(F)c(-c2ccc3c(F)c(CCc4cc(F)c(OCC(F)(F)F)c(F)c4)ccc3c2)c(F)c1. The average Bonchev–Trinajstić information content (AvgIpc) is 2.85. The summed E-state index contributed by atoms with van der Waals surface area (Å²) in [6.07, 6.45) is -2.08. The fourth-order valence-corrected chi connectivity index (χ4v) is 4.33. The van der Waals surface area contributed by atoms with Gasteiger partial charge in [0.2, 0.25) is 0 Å². The molecular formula is C30H22F8O. The maximum atomic E-state index is 15.2. The van der Waals surface area contributed by atoms with Gasteiger partial charge in [-0.1, -0.05) is 30.3 Å². The van der Waals surface area contributed by atoms with Crippen molar-refractivity contribution < 1.29 is 39.9 Å². The van der Waals surface area contributed by atoms with Gasteiger partial charge in [0.15, 0.2) is 24.0 Å². The Balaban J connectivity index is 1.54. The molecule has 204 valence electrons. The molecule has 0 atom stereocenters. The van der Waals surface area contributed by atoms with Gasteiger partial charge in [0.25, 0.3) is 0 Å². The van der Waals surface area contributed by atoms with Crippen molar-refractivity contribution in [3.63, 3.8) is 0 Å². The molecule has 4 aromatic carbocycles. The van der Waals surface area contributed by atoms with Crippen LogP contribution in [0.25, 0.3) is 21.9 Å². The number of fused-ring (bicyclic) bond motifs is 1. The van der Waals surface area contributed by atoms with E-state index in [0.29, 0.717) is 23.8 Å². The molecule has 0 aliphatic carbocycles. The minimum atomic E-state index is -4.76. The highest BCUT2D eigenvalue weighted by Crippen LogP contribution is 2.32. The first kappa shape index (κ1) is 28.1. The highest BCUT2D eigenvalue weighted by atomic mass is 19.4. The van der Waals surface area contributed by atoms with Gasteiger partial charge in [-0.3, -0.25) is 0 Å². The van der Waals surface area contributed by atoms with E-state index in [0.717, 1.165) is 12.1 Å². The monoisotopic (exact) mass is 550 g/mol. The fraction of sp³-hybridized carbons (Fsp3) is 0.200. The van der Waals surface area contributed by atoms with Crippen molar-refractivity contribution in [2.24, 2.45) is 0 Å². The van der Waals surface area contributed by atoms with Gasteiger partial charge < -0.3 is 4.74 Å². The van der Waals surface area contributed by atoms with E-state index >= 15 is 4.39 Å². The van der Waals surface area contributed by atoms with E-state index in [1.54, 1.807) is 12.1 Å². The third-order valence-corrected chi connectivity index (χ3v) is 6.18. The molecule has 0 aliphatic heterocycles. The first-order valence-electron chi connectivity index (χ1n) is 11.9. The number of benzene rings is 4. The lowest BCUT2D eigenvalue weighted by atomic mass is 9.95. The third-order valence-electron chi connectivity index (χ3n) is 6.18. The van der Waals surface area contributed by atoms with Crippen molar-refractivity contribution in [2.45, 2.75) is 31.9 Å². The van der Waals surface area contributed by atoms with Crippen LogP contribution in [-0.4, -0.2) is 12.8 Å². The molecule has 0 saturated heterocycles. The summed E-state index contributed by atoms with van der Waals surface area (Å²) in [6, 6.07) is 11.5. The smallest absolute Gasteiger partial charge is 0.422 e. The standard InChI is InChI=1S/C30H22F8O/c1-2-3-4-17-11-23(31)27(24(32)12-17)21-9-10-22-20(15-21)8-7-19(28(22)35)6-5-18-13-25(33)29(26(34)14-18)39-16-30(36,37)38/h2,7-15H,1,3-6,16H2. The first-order valence-corrected chi connectivity index (χ1v) is 11.9. The summed E-state index contributed by atoms with van der Waals surface area (Å²) in [5, 5.41) is 0.583. The van der Waals surface area contributed by atoms with Crippen molar-refractivity contribution in [2.75, 3.05) is 6.61 Å². The predicted octanol–water partition coefficient (Wildman–Crippen LogP) is 9.05. The van der Waals surface area contributed by atoms with E-state index in [-0.39, 0.29) is 40.5 Å². The van der Waals surface area contributed by atoms with E-state index in [1.807, 2.05) is 0 Å². The summed E-state index contributed by atoms with van der Waals surface area (Å²) < 4.78 is 114. The number of ether oxygens (including phenoxy) is 1. The van der Waals surface area contributed by atoms with Crippen LogP contribution in [0.4, 0.5) is 35.1 Å². The first-order chi connectivity index (χ1) is 18.5. The summed E-state index contributed by atoms with van der Waals surface area (Å²) in [4.78, 5) is 0. The maximum absolute atomic E-state index is 15.2. The summed E-state index contributed by atoms with van der Waals surface area (Å²) in [7, 11) is 0. The molecule has 0 N–H and O–H groups in total. The molecule has 0 bridgehead atoms. The predicted molar refractivity (Wildman–Crippen MR) is 133 cm³/mol. The molecule has 0 radical (unpaired) electrons. The molecule has 4 rings (SSSR count). The van der Waals surface area contributed by atoms with Gasteiger partial charge in [0.05, 0.1) is 5.56 Å².